The molecule has 1 fully saturated rings. The van der Waals surface area contributed by atoms with Gasteiger partial charge in [0.2, 0.25) is 5.88 Å². The molecule has 2 aromatic rings. The summed E-state index contributed by atoms with van der Waals surface area (Å²) in [6.45, 7) is 6.63. The number of hydrogen-bond acceptors (Lipinski definition) is 6. The fourth-order valence-electron chi connectivity index (χ4n) is 2.52. The number of hydrogen-bond donors (Lipinski definition) is 1. The molecule has 0 radical (unpaired) electrons. The number of carbonyl (C=O) groups excluding carboxylic acids is 1. The zero-order valence-electron chi connectivity index (χ0n) is 14.3. The van der Waals surface area contributed by atoms with Crippen LogP contribution < -0.4 is 10.1 Å². The van der Waals surface area contributed by atoms with Crippen molar-refractivity contribution in [2.45, 2.75) is 6.92 Å². The Hall–Kier alpha value is -2.51. The van der Waals surface area contributed by atoms with E-state index in [9.17, 15) is 4.79 Å². The van der Waals surface area contributed by atoms with E-state index in [1.165, 1.54) is 0 Å². The molecule has 1 aromatic carbocycles. The van der Waals surface area contributed by atoms with Crippen LogP contribution in [0.2, 0.25) is 0 Å². The number of morpholine rings is 1. The van der Waals surface area contributed by atoms with Gasteiger partial charge in [0.1, 0.15) is 5.75 Å². The van der Waals surface area contributed by atoms with E-state index in [2.05, 4.69) is 20.4 Å². The largest absolute Gasteiger partial charge is 0.438 e. The summed E-state index contributed by atoms with van der Waals surface area (Å²) < 4.78 is 11.0. The summed E-state index contributed by atoms with van der Waals surface area (Å²) >= 11 is 0. The van der Waals surface area contributed by atoms with E-state index in [0.717, 1.165) is 38.5 Å². The molecular weight excluding hydrogens is 320 g/mol. The first-order chi connectivity index (χ1) is 12.2. The Morgan fingerprint density at radius 1 is 1.24 bits per heavy atom. The molecule has 0 aliphatic carbocycles. The molecule has 0 bridgehead atoms. The van der Waals surface area contributed by atoms with Crippen molar-refractivity contribution in [2.24, 2.45) is 0 Å². The van der Waals surface area contributed by atoms with Crippen molar-refractivity contribution < 1.29 is 14.3 Å². The van der Waals surface area contributed by atoms with Crippen molar-refractivity contribution in [3.63, 3.8) is 0 Å². The summed E-state index contributed by atoms with van der Waals surface area (Å²) in [6, 6.07) is 10.6. The fraction of sp³-hybridized carbons (Fsp3) is 0.389. The monoisotopic (exact) mass is 342 g/mol. The normalized spacial score (nSPS) is 14.9. The molecule has 1 aliphatic rings. The molecule has 1 aromatic heterocycles. The van der Waals surface area contributed by atoms with Crippen LogP contribution in [-0.2, 0) is 4.74 Å². The molecule has 25 heavy (non-hydrogen) atoms. The van der Waals surface area contributed by atoms with Gasteiger partial charge in [0.25, 0.3) is 5.91 Å². The second-order valence-corrected chi connectivity index (χ2v) is 5.85. The number of aromatic nitrogens is 2. The Kier molecular flexibility index (Phi) is 5.92. The first kappa shape index (κ1) is 17.3. The smallest absolute Gasteiger partial charge is 0.251 e. The van der Waals surface area contributed by atoms with Crippen LogP contribution in [0.3, 0.4) is 0 Å². The molecule has 1 N–H and O–H groups in total. The standard InChI is InChI=1S/C18H22N4O3/c1-14-5-6-17(21-20-14)25-16-4-2-3-15(13-16)18(23)19-7-8-22-9-11-24-12-10-22/h2-6,13H,7-12H2,1H3,(H,19,23). The maximum absolute atomic E-state index is 12.3. The van der Waals surface area contributed by atoms with E-state index in [1.807, 2.05) is 13.0 Å². The summed E-state index contributed by atoms with van der Waals surface area (Å²) in [5.41, 5.74) is 1.38. The summed E-state index contributed by atoms with van der Waals surface area (Å²) in [6.07, 6.45) is 0. The lowest BCUT2D eigenvalue weighted by Crippen LogP contribution is -2.41. The number of ether oxygens (including phenoxy) is 2. The highest BCUT2D eigenvalue weighted by atomic mass is 16.5. The van der Waals surface area contributed by atoms with Crippen LogP contribution in [-0.4, -0.2) is 60.4 Å². The molecule has 1 saturated heterocycles. The molecule has 1 aliphatic heterocycles. The fourth-order valence-corrected chi connectivity index (χ4v) is 2.52. The molecular formula is C18H22N4O3. The van der Waals surface area contributed by atoms with E-state index in [4.69, 9.17) is 9.47 Å². The van der Waals surface area contributed by atoms with Crippen molar-refractivity contribution in [3.8, 4) is 11.6 Å². The minimum Gasteiger partial charge on any atom is -0.438 e. The maximum atomic E-state index is 12.3. The van der Waals surface area contributed by atoms with Crippen LogP contribution in [0.4, 0.5) is 0 Å². The zero-order chi connectivity index (χ0) is 17.5. The quantitative estimate of drug-likeness (QED) is 0.860. The molecule has 132 valence electrons. The Balaban J connectivity index is 1.52. The number of benzene rings is 1. The van der Waals surface area contributed by atoms with E-state index in [1.54, 1.807) is 30.3 Å². The first-order valence-electron chi connectivity index (χ1n) is 8.37. The van der Waals surface area contributed by atoms with Gasteiger partial charge >= 0.3 is 0 Å². The van der Waals surface area contributed by atoms with E-state index in [-0.39, 0.29) is 5.91 Å². The zero-order valence-corrected chi connectivity index (χ0v) is 14.3. The van der Waals surface area contributed by atoms with Crippen molar-refractivity contribution in [3.05, 3.63) is 47.7 Å². The Bertz CT molecular complexity index is 700. The van der Waals surface area contributed by atoms with Gasteiger partial charge in [-0.05, 0) is 31.2 Å². The molecule has 2 heterocycles. The second-order valence-electron chi connectivity index (χ2n) is 5.85. The third-order valence-electron chi connectivity index (χ3n) is 3.91. The highest BCUT2D eigenvalue weighted by Gasteiger charge is 2.11. The van der Waals surface area contributed by atoms with Gasteiger partial charge in [0.15, 0.2) is 0 Å². The molecule has 0 spiro atoms. The molecule has 1 amide bonds. The number of carbonyl (C=O) groups is 1. The minimum absolute atomic E-state index is 0.117. The summed E-state index contributed by atoms with van der Waals surface area (Å²) in [4.78, 5) is 14.6. The van der Waals surface area contributed by atoms with E-state index < -0.39 is 0 Å². The van der Waals surface area contributed by atoms with Crippen molar-refractivity contribution in [2.75, 3.05) is 39.4 Å². The minimum atomic E-state index is -0.117. The Morgan fingerprint density at radius 2 is 2.08 bits per heavy atom. The lowest BCUT2D eigenvalue weighted by Gasteiger charge is -2.26. The molecule has 0 atom stereocenters. The Morgan fingerprint density at radius 3 is 2.84 bits per heavy atom. The van der Waals surface area contributed by atoms with Crippen molar-refractivity contribution in [1.82, 2.24) is 20.4 Å². The van der Waals surface area contributed by atoms with Crippen molar-refractivity contribution in [1.29, 1.82) is 0 Å². The summed E-state index contributed by atoms with van der Waals surface area (Å²) in [5, 5.41) is 10.9. The SMILES string of the molecule is Cc1ccc(Oc2cccc(C(=O)NCCN3CCOCC3)c2)nn1. The van der Waals surface area contributed by atoms with Crippen LogP contribution in [0.5, 0.6) is 11.6 Å². The number of aryl methyl sites for hydroxylation is 1. The highest BCUT2D eigenvalue weighted by Crippen LogP contribution is 2.20. The van der Waals surface area contributed by atoms with Crippen LogP contribution in [0.25, 0.3) is 0 Å². The van der Waals surface area contributed by atoms with E-state index in [0.29, 0.717) is 23.7 Å². The topological polar surface area (TPSA) is 76.6 Å². The third kappa shape index (κ3) is 5.23. The number of rotatable bonds is 6. The molecule has 7 nitrogen and oxygen atoms in total. The highest BCUT2D eigenvalue weighted by molar-refractivity contribution is 5.94. The third-order valence-corrected chi connectivity index (χ3v) is 3.91. The van der Waals surface area contributed by atoms with Crippen LogP contribution in [0, 0.1) is 6.92 Å². The average molecular weight is 342 g/mol. The Labute approximate surface area is 147 Å². The number of amides is 1. The van der Waals surface area contributed by atoms with Crippen molar-refractivity contribution >= 4 is 5.91 Å². The van der Waals surface area contributed by atoms with Gasteiger partial charge in [-0.2, -0.15) is 5.10 Å². The second kappa shape index (κ2) is 8.55. The summed E-state index contributed by atoms with van der Waals surface area (Å²) in [5.74, 6) is 0.836. The van der Waals surface area contributed by atoms with Gasteiger partial charge in [-0.1, -0.05) is 6.07 Å². The first-order valence-corrected chi connectivity index (χ1v) is 8.37. The maximum Gasteiger partial charge on any atom is 0.251 e. The van der Waals surface area contributed by atoms with Gasteiger partial charge in [0.05, 0.1) is 18.9 Å². The van der Waals surface area contributed by atoms with Gasteiger partial charge in [-0.25, -0.2) is 0 Å². The summed E-state index contributed by atoms with van der Waals surface area (Å²) in [7, 11) is 0. The number of nitrogens with one attached hydrogen (secondary N) is 1. The van der Waals surface area contributed by atoms with Crippen LogP contribution in [0.1, 0.15) is 16.1 Å². The van der Waals surface area contributed by atoms with Gasteiger partial charge in [-0.15, -0.1) is 5.10 Å². The molecule has 7 heteroatoms. The lowest BCUT2D eigenvalue weighted by atomic mass is 10.2. The molecule has 0 unspecified atom stereocenters. The van der Waals surface area contributed by atoms with Gasteiger partial charge < -0.3 is 14.8 Å². The average Bonchev–Trinajstić information content (AvgIpc) is 2.65. The van der Waals surface area contributed by atoms with Gasteiger partial charge in [-0.3, -0.25) is 9.69 Å². The molecule has 0 saturated carbocycles. The van der Waals surface area contributed by atoms with Crippen LogP contribution in [0.15, 0.2) is 36.4 Å². The lowest BCUT2D eigenvalue weighted by molar-refractivity contribution is 0.0383. The van der Waals surface area contributed by atoms with Crippen LogP contribution >= 0.6 is 0 Å². The van der Waals surface area contributed by atoms with Gasteiger partial charge in [0, 0.05) is 37.8 Å². The molecule has 3 rings (SSSR count). The predicted molar refractivity (Wildman–Crippen MR) is 92.9 cm³/mol. The van der Waals surface area contributed by atoms with E-state index >= 15 is 0 Å². The number of nitrogens with zero attached hydrogens (tertiary/aromatic N) is 3. The predicted octanol–water partition coefficient (Wildman–Crippen LogP) is 1.64.